The number of phenolic OH excluding ortho intramolecular Hbond substituents is 1. The SMILES string of the molecule is O=C(O)CCNC(=O)NCc1ccc(O)c(Br)c1. The number of rotatable bonds is 5. The Morgan fingerprint density at radius 2 is 2.00 bits per heavy atom. The lowest BCUT2D eigenvalue weighted by Gasteiger charge is -2.07. The summed E-state index contributed by atoms with van der Waals surface area (Å²) >= 11 is 3.17. The molecule has 0 unspecified atom stereocenters. The van der Waals surface area contributed by atoms with Gasteiger partial charge in [0.05, 0.1) is 10.9 Å². The van der Waals surface area contributed by atoms with Crippen molar-refractivity contribution in [2.45, 2.75) is 13.0 Å². The Labute approximate surface area is 112 Å². The van der Waals surface area contributed by atoms with Gasteiger partial charge in [0.1, 0.15) is 5.75 Å². The average Bonchev–Trinajstić information content (AvgIpc) is 2.30. The van der Waals surface area contributed by atoms with E-state index in [-0.39, 0.29) is 25.3 Å². The van der Waals surface area contributed by atoms with E-state index < -0.39 is 12.0 Å². The van der Waals surface area contributed by atoms with Crippen LogP contribution in [0.4, 0.5) is 4.79 Å². The summed E-state index contributed by atoms with van der Waals surface area (Å²) < 4.78 is 0.549. The zero-order valence-electron chi connectivity index (χ0n) is 9.44. The van der Waals surface area contributed by atoms with Gasteiger partial charge in [-0.1, -0.05) is 6.07 Å². The van der Waals surface area contributed by atoms with Crippen LogP contribution in [0.25, 0.3) is 0 Å². The number of amides is 2. The number of nitrogens with one attached hydrogen (secondary N) is 2. The number of phenols is 1. The fourth-order valence-corrected chi connectivity index (χ4v) is 1.61. The highest BCUT2D eigenvalue weighted by molar-refractivity contribution is 9.10. The van der Waals surface area contributed by atoms with Crippen molar-refractivity contribution in [3.63, 3.8) is 0 Å². The normalized spacial score (nSPS) is 9.83. The summed E-state index contributed by atoms with van der Waals surface area (Å²) in [6.45, 7) is 0.373. The molecule has 0 atom stereocenters. The Kier molecular flexibility index (Phi) is 5.44. The number of urea groups is 1. The molecule has 1 aromatic carbocycles. The van der Waals surface area contributed by atoms with Crippen LogP contribution in [0.5, 0.6) is 5.75 Å². The first-order chi connectivity index (χ1) is 8.49. The summed E-state index contributed by atoms with van der Waals surface area (Å²) in [5.74, 6) is -0.831. The predicted octanol–water partition coefficient (Wildman–Crippen LogP) is 1.43. The summed E-state index contributed by atoms with van der Waals surface area (Å²) in [6.07, 6.45) is -0.113. The van der Waals surface area contributed by atoms with Gasteiger partial charge in [0.2, 0.25) is 0 Å². The van der Waals surface area contributed by atoms with Crippen molar-refractivity contribution in [1.82, 2.24) is 10.6 Å². The molecule has 6 nitrogen and oxygen atoms in total. The number of aliphatic carboxylic acids is 1. The van der Waals surface area contributed by atoms with Crippen molar-refractivity contribution in [1.29, 1.82) is 0 Å². The monoisotopic (exact) mass is 316 g/mol. The number of hydrogen-bond acceptors (Lipinski definition) is 3. The van der Waals surface area contributed by atoms with E-state index in [1.807, 2.05) is 0 Å². The third kappa shape index (κ3) is 5.05. The smallest absolute Gasteiger partial charge is 0.315 e. The van der Waals surface area contributed by atoms with Gasteiger partial charge in [-0.25, -0.2) is 4.79 Å². The van der Waals surface area contributed by atoms with Gasteiger partial charge < -0.3 is 20.8 Å². The molecule has 0 aliphatic heterocycles. The molecule has 0 radical (unpaired) electrons. The highest BCUT2D eigenvalue weighted by atomic mass is 79.9. The van der Waals surface area contributed by atoms with Crippen molar-refractivity contribution in [2.24, 2.45) is 0 Å². The number of benzene rings is 1. The second-order valence-corrected chi connectivity index (χ2v) is 4.39. The molecule has 0 spiro atoms. The van der Waals surface area contributed by atoms with E-state index in [1.54, 1.807) is 12.1 Å². The van der Waals surface area contributed by atoms with Gasteiger partial charge in [-0.3, -0.25) is 4.79 Å². The molecule has 0 aliphatic rings. The van der Waals surface area contributed by atoms with Crippen molar-refractivity contribution >= 4 is 27.9 Å². The molecule has 1 aromatic rings. The number of carbonyl (C=O) groups is 2. The Hall–Kier alpha value is -1.76. The first-order valence-corrected chi connectivity index (χ1v) is 5.99. The number of halogens is 1. The molecule has 7 heteroatoms. The molecule has 4 N–H and O–H groups in total. The molecule has 98 valence electrons. The van der Waals surface area contributed by atoms with Gasteiger partial charge in [-0.2, -0.15) is 0 Å². The average molecular weight is 317 g/mol. The van der Waals surface area contributed by atoms with Gasteiger partial charge in [0.15, 0.2) is 0 Å². The van der Waals surface area contributed by atoms with Gasteiger partial charge in [0.25, 0.3) is 0 Å². The molecule has 18 heavy (non-hydrogen) atoms. The zero-order valence-corrected chi connectivity index (χ0v) is 11.0. The summed E-state index contributed by atoms with van der Waals surface area (Å²) in [5.41, 5.74) is 0.813. The lowest BCUT2D eigenvalue weighted by Crippen LogP contribution is -2.36. The summed E-state index contributed by atoms with van der Waals surface area (Å²) in [4.78, 5) is 21.5. The van der Waals surface area contributed by atoms with E-state index in [2.05, 4.69) is 26.6 Å². The van der Waals surface area contributed by atoms with Crippen LogP contribution in [0.3, 0.4) is 0 Å². The number of aromatic hydroxyl groups is 1. The van der Waals surface area contributed by atoms with Gasteiger partial charge in [-0.15, -0.1) is 0 Å². The van der Waals surface area contributed by atoms with Crippen molar-refractivity contribution in [3.05, 3.63) is 28.2 Å². The molecule has 0 aromatic heterocycles. The van der Waals surface area contributed by atoms with Crippen molar-refractivity contribution in [3.8, 4) is 5.75 Å². The van der Waals surface area contributed by atoms with Gasteiger partial charge in [-0.05, 0) is 33.6 Å². The first kappa shape index (κ1) is 14.3. The Morgan fingerprint density at radius 1 is 1.28 bits per heavy atom. The van der Waals surface area contributed by atoms with Crippen LogP contribution < -0.4 is 10.6 Å². The Balaban J connectivity index is 2.33. The van der Waals surface area contributed by atoms with E-state index in [0.29, 0.717) is 4.47 Å². The maximum Gasteiger partial charge on any atom is 0.315 e. The van der Waals surface area contributed by atoms with E-state index in [1.165, 1.54) is 6.07 Å². The van der Waals surface area contributed by atoms with Crippen LogP contribution in [0.1, 0.15) is 12.0 Å². The highest BCUT2D eigenvalue weighted by Crippen LogP contribution is 2.23. The van der Waals surface area contributed by atoms with Crippen LogP contribution in [0.2, 0.25) is 0 Å². The Morgan fingerprint density at radius 3 is 2.61 bits per heavy atom. The molecule has 2 amide bonds. The standard InChI is InChI=1S/C11H13BrN2O4/c12-8-5-7(1-2-9(8)15)6-14-11(18)13-4-3-10(16)17/h1-2,5,15H,3-4,6H2,(H,16,17)(H2,13,14,18). The fourth-order valence-electron chi connectivity index (χ4n) is 1.19. The molecule has 0 saturated heterocycles. The van der Waals surface area contributed by atoms with Gasteiger partial charge in [0, 0.05) is 13.1 Å². The lowest BCUT2D eigenvalue weighted by molar-refractivity contribution is -0.136. The fraction of sp³-hybridized carbons (Fsp3) is 0.273. The number of carboxylic acids is 1. The highest BCUT2D eigenvalue weighted by Gasteiger charge is 2.03. The van der Waals surface area contributed by atoms with Crippen LogP contribution in [-0.2, 0) is 11.3 Å². The molecule has 1 rings (SSSR count). The second-order valence-electron chi connectivity index (χ2n) is 3.54. The van der Waals surface area contributed by atoms with Crippen molar-refractivity contribution < 1.29 is 19.8 Å². The molecule has 0 saturated carbocycles. The molecular formula is C11H13BrN2O4. The first-order valence-electron chi connectivity index (χ1n) is 5.20. The molecule has 0 aliphatic carbocycles. The van der Waals surface area contributed by atoms with E-state index in [0.717, 1.165) is 5.56 Å². The minimum Gasteiger partial charge on any atom is -0.507 e. The van der Waals surface area contributed by atoms with E-state index in [4.69, 9.17) is 5.11 Å². The Bertz CT molecular complexity index is 451. The molecule has 0 heterocycles. The second kappa shape index (κ2) is 6.85. The van der Waals surface area contributed by atoms with Crippen molar-refractivity contribution in [2.75, 3.05) is 6.54 Å². The number of hydrogen-bond donors (Lipinski definition) is 4. The van der Waals surface area contributed by atoms with E-state index >= 15 is 0 Å². The summed E-state index contributed by atoms with van der Waals surface area (Å²) in [7, 11) is 0. The third-order valence-corrected chi connectivity index (χ3v) is 2.72. The molecular weight excluding hydrogens is 304 g/mol. The minimum absolute atomic E-state index is 0.0838. The maximum atomic E-state index is 11.3. The van der Waals surface area contributed by atoms with Crippen LogP contribution in [-0.4, -0.2) is 28.8 Å². The van der Waals surface area contributed by atoms with Crippen LogP contribution >= 0.6 is 15.9 Å². The summed E-state index contributed by atoms with van der Waals surface area (Å²) in [5, 5.41) is 22.7. The maximum absolute atomic E-state index is 11.3. The van der Waals surface area contributed by atoms with E-state index in [9.17, 15) is 14.7 Å². The topological polar surface area (TPSA) is 98.7 Å². The van der Waals surface area contributed by atoms with Crippen LogP contribution in [0.15, 0.2) is 22.7 Å². The molecule has 0 bridgehead atoms. The van der Waals surface area contributed by atoms with Crippen LogP contribution in [0, 0.1) is 0 Å². The largest absolute Gasteiger partial charge is 0.507 e. The quantitative estimate of drug-likeness (QED) is 0.660. The summed E-state index contributed by atoms with van der Waals surface area (Å²) in [6, 6.07) is 4.45. The van der Waals surface area contributed by atoms with Gasteiger partial charge >= 0.3 is 12.0 Å². The number of carbonyl (C=O) groups excluding carboxylic acids is 1. The molecule has 0 fully saturated rings. The minimum atomic E-state index is -0.960. The zero-order chi connectivity index (χ0) is 13.5. The number of carboxylic acid groups (broad SMARTS) is 1. The predicted molar refractivity (Wildman–Crippen MR) is 68.3 cm³/mol. The lowest BCUT2D eigenvalue weighted by atomic mass is 10.2. The third-order valence-electron chi connectivity index (χ3n) is 2.09.